The van der Waals surface area contributed by atoms with E-state index in [4.69, 9.17) is 16.3 Å². The van der Waals surface area contributed by atoms with E-state index in [0.29, 0.717) is 12.0 Å². The van der Waals surface area contributed by atoms with Crippen molar-refractivity contribution in [1.29, 1.82) is 0 Å². The molecule has 0 radical (unpaired) electrons. The van der Waals surface area contributed by atoms with Gasteiger partial charge in [-0.05, 0) is 18.4 Å². The Morgan fingerprint density at radius 1 is 1.41 bits per heavy atom. The first-order valence-corrected chi connectivity index (χ1v) is 6.16. The van der Waals surface area contributed by atoms with E-state index in [2.05, 4.69) is 0 Å². The van der Waals surface area contributed by atoms with Crippen LogP contribution in [-0.2, 0) is 9.53 Å². The van der Waals surface area contributed by atoms with Crippen LogP contribution in [0.2, 0.25) is 0 Å². The molecule has 0 aliphatic carbocycles. The van der Waals surface area contributed by atoms with Crippen LogP contribution in [0.3, 0.4) is 0 Å². The van der Waals surface area contributed by atoms with Gasteiger partial charge in [-0.3, -0.25) is 0 Å². The largest absolute Gasteiger partial charge is 0.444 e. The zero-order valence-corrected chi connectivity index (χ0v) is 10.6. The summed E-state index contributed by atoms with van der Waals surface area (Å²) >= 11 is 5.83. The molecule has 0 amide bonds. The van der Waals surface area contributed by atoms with Crippen LogP contribution in [0.15, 0.2) is 30.3 Å². The van der Waals surface area contributed by atoms with Crippen molar-refractivity contribution in [3.63, 3.8) is 0 Å². The maximum Gasteiger partial charge on any atom is 0.341 e. The van der Waals surface area contributed by atoms with Gasteiger partial charge in [0.05, 0.1) is 0 Å². The van der Waals surface area contributed by atoms with Gasteiger partial charge in [-0.15, -0.1) is 0 Å². The summed E-state index contributed by atoms with van der Waals surface area (Å²) in [5, 5.41) is 9.73. The van der Waals surface area contributed by atoms with Crippen molar-refractivity contribution in [2.45, 2.75) is 37.9 Å². The normalized spacial score (nSPS) is 14.1. The van der Waals surface area contributed by atoms with Gasteiger partial charge >= 0.3 is 5.97 Å². The van der Waals surface area contributed by atoms with E-state index in [9.17, 15) is 9.90 Å². The molecule has 17 heavy (non-hydrogen) atoms. The Bertz CT molecular complexity index is 340. The second kappa shape index (κ2) is 7.30. The van der Waals surface area contributed by atoms with Crippen molar-refractivity contribution >= 4 is 17.6 Å². The highest BCUT2D eigenvalue weighted by Crippen LogP contribution is 2.17. The molecule has 0 aliphatic heterocycles. The standard InChI is InChI=1S/C13H17ClO3/c1-2-3-9-11(14)17-13(16)12(15)10-7-5-4-6-8-10/h4-8,11-12,15H,2-3,9H2,1H3/t11?,12-/m1/s1. The number of hydrogen-bond acceptors (Lipinski definition) is 3. The van der Waals surface area contributed by atoms with Crippen molar-refractivity contribution in [3.8, 4) is 0 Å². The number of aliphatic hydroxyl groups excluding tert-OH is 1. The van der Waals surface area contributed by atoms with Gasteiger partial charge in [0.25, 0.3) is 0 Å². The molecule has 4 heteroatoms. The second-order valence-electron chi connectivity index (χ2n) is 3.80. The minimum Gasteiger partial charge on any atom is -0.444 e. The number of carbonyl (C=O) groups excluding carboxylic acids is 1. The predicted octanol–water partition coefficient (Wildman–Crippen LogP) is 3.02. The lowest BCUT2D eigenvalue weighted by molar-refractivity contribution is -0.156. The predicted molar refractivity (Wildman–Crippen MR) is 66.7 cm³/mol. The van der Waals surface area contributed by atoms with Gasteiger partial charge in [0.15, 0.2) is 11.7 Å². The highest BCUT2D eigenvalue weighted by atomic mass is 35.5. The van der Waals surface area contributed by atoms with Crippen LogP contribution in [0.5, 0.6) is 0 Å². The Labute approximate surface area is 106 Å². The fraction of sp³-hybridized carbons (Fsp3) is 0.462. The molecular formula is C13H17ClO3. The first-order chi connectivity index (χ1) is 8.15. The van der Waals surface area contributed by atoms with Gasteiger partial charge in [-0.2, -0.15) is 0 Å². The average molecular weight is 257 g/mol. The number of halogens is 1. The van der Waals surface area contributed by atoms with Crippen LogP contribution < -0.4 is 0 Å². The van der Waals surface area contributed by atoms with Crippen molar-refractivity contribution < 1.29 is 14.6 Å². The van der Waals surface area contributed by atoms with Gasteiger partial charge in [-0.1, -0.05) is 55.3 Å². The molecule has 0 aliphatic rings. The molecule has 0 aromatic heterocycles. The van der Waals surface area contributed by atoms with Gasteiger partial charge in [0.2, 0.25) is 0 Å². The topological polar surface area (TPSA) is 46.5 Å². The quantitative estimate of drug-likeness (QED) is 0.629. The lowest BCUT2D eigenvalue weighted by Gasteiger charge is -2.14. The average Bonchev–Trinajstić information content (AvgIpc) is 2.36. The number of esters is 1. The summed E-state index contributed by atoms with van der Waals surface area (Å²) in [4.78, 5) is 11.6. The third kappa shape index (κ3) is 4.75. The third-order valence-electron chi connectivity index (χ3n) is 2.37. The fourth-order valence-electron chi connectivity index (χ4n) is 1.39. The maximum atomic E-state index is 11.6. The van der Waals surface area contributed by atoms with Crippen LogP contribution >= 0.6 is 11.6 Å². The molecule has 2 atom stereocenters. The van der Waals surface area contributed by atoms with Crippen LogP contribution in [0, 0.1) is 0 Å². The molecule has 1 aromatic carbocycles. The van der Waals surface area contributed by atoms with E-state index in [1.807, 2.05) is 13.0 Å². The van der Waals surface area contributed by atoms with Crippen LogP contribution in [0.4, 0.5) is 0 Å². The van der Waals surface area contributed by atoms with E-state index < -0.39 is 17.6 Å². The zero-order chi connectivity index (χ0) is 12.7. The number of aliphatic hydroxyl groups is 1. The van der Waals surface area contributed by atoms with Gasteiger partial charge in [-0.25, -0.2) is 4.79 Å². The first-order valence-electron chi connectivity index (χ1n) is 5.72. The maximum absolute atomic E-state index is 11.6. The van der Waals surface area contributed by atoms with E-state index in [1.54, 1.807) is 24.3 Å². The monoisotopic (exact) mass is 256 g/mol. The Morgan fingerprint density at radius 3 is 2.65 bits per heavy atom. The minimum atomic E-state index is -1.26. The molecule has 0 saturated heterocycles. The summed E-state index contributed by atoms with van der Waals surface area (Å²) < 4.78 is 4.95. The Hall–Kier alpha value is -1.06. The third-order valence-corrected chi connectivity index (χ3v) is 2.67. The van der Waals surface area contributed by atoms with Gasteiger partial charge in [0.1, 0.15) is 0 Å². The lowest BCUT2D eigenvalue weighted by atomic mass is 10.1. The molecule has 0 saturated carbocycles. The highest BCUT2D eigenvalue weighted by molar-refractivity contribution is 6.20. The van der Waals surface area contributed by atoms with E-state index >= 15 is 0 Å². The number of alkyl halides is 1. The fourth-order valence-corrected chi connectivity index (χ4v) is 1.63. The van der Waals surface area contributed by atoms with Crippen molar-refractivity contribution in [1.82, 2.24) is 0 Å². The number of hydrogen-bond donors (Lipinski definition) is 1. The summed E-state index contributed by atoms with van der Waals surface area (Å²) in [6.07, 6.45) is 1.22. The molecule has 1 rings (SSSR count). The molecular weight excluding hydrogens is 240 g/mol. The number of carbonyl (C=O) groups is 1. The zero-order valence-electron chi connectivity index (χ0n) is 9.80. The summed E-state index contributed by atoms with van der Waals surface area (Å²) in [6, 6.07) is 8.65. The summed E-state index contributed by atoms with van der Waals surface area (Å²) in [6.45, 7) is 2.03. The second-order valence-corrected chi connectivity index (χ2v) is 4.29. The van der Waals surface area contributed by atoms with Crippen LogP contribution in [-0.4, -0.2) is 16.6 Å². The van der Waals surface area contributed by atoms with Crippen molar-refractivity contribution in [3.05, 3.63) is 35.9 Å². The SMILES string of the molecule is CCCCC(Cl)OC(=O)[C@H](O)c1ccccc1. The molecule has 0 heterocycles. The smallest absolute Gasteiger partial charge is 0.341 e. The summed E-state index contributed by atoms with van der Waals surface area (Å²) in [5.74, 6) is -0.702. The number of benzene rings is 1. The molecule has 1 N–H and O–H groups in total. The Balaban J connectivity index is 2.47. The molecule has 0 spiro atoms. The van der Waals surface area contributed by atoms with Gasteiger partial charge < -0.3 is 9.84 Å². The van der Waals surface area contributed by atoms with E-state index in [-0.39, 0.29) is 0 Å². The molecule has 3 nitrogen and oxygen atoms in total. The molecule has 94 valence electrons. The van der Waals surface area contributed by atoms with E-state index in [1.165, 1.54) is 0 Å². The van der Waals surface area contributed by atoms with Crippen molar-refractivity contribution in [2.75, 3.05) is 0 Å². The summed E-state index contributed by atoms with van der Waals surface area (Å²) in [5.41, 5.74) is -0.155. The Kier molecular flexibility index (Phi) is 6.01. The first kappa shape index (κ1) is 14.0. The van der Waals surface area contributed by atoms with Crippen LogP contribution in [0.1, 0.15) is 37.9 Å². The number of ether oxygens (including phenoxy) is 1. The number of rotatable bonds is 6. The summed E-state index contributed by atoms with van der Waals surface area (Å²) in [7, 11) is 0. The van der Waals surface area contributed by atoms with E-state index in [0.717, 1.165) is 12.8 Å². The lowest BCUT2D eigenvalue weighted by Crippen LogP contribution is -2.19. The van der Waals surface area contributed by atoms with Crippen molar-refractivity contribution in [2.24, 2.45) is 0 Å². The number of unbranched alkanes of at least 4 members (excludes halogenated alkanes) is 1. The highest BCUT2D eigenvalue weighted by Gasteiger charge is 2.21. The molecule has 1 unspecified atom stereocenters. The minimum absolute atomic E-state index is 0.511. The molecule has 0 bridgehead atoms. The van der Waals surface area contributed by atoms with Crippen LogP contribution in [0.25, 0.3) is 0 Å². The van der Waals surface area contributed by atoms with Gasteiger partial charge in [0, 0.05) is 0 Å². The Morgan fingerprint density at radius 2 is 2.06 bits per heavy atom. The molecule has 0 fully saturated rings. The molecule has 1 aromatic rings.